The maximum Gasteiger partial charge on any atom is 0.315 e. The van der Waals surface area contributed by atoms with E-state index in [1.54, 1.807) is 21.5 Å². The molecule has 0 saturated heterocycles. The van der Waals surface area contributed by atoms with Crippen molar-refractivity contribution >= 4 is 5.97 Å². The van der Waals surface area contributed by atoms with E-state index < -0.39 is 5.97 Å². The number of para-hydroxylation sites is 2. The Morgan fingerprint density at radius 2 is 1.64 bits per heavy atom. The van der Waals surface area contributed by atoms with E-state index in [2.05, 4.69) is 0 Å². The summed E-state index contributed by atoms with van der Waals surface area (Å²) in [6.07, 6.45) is 3.50. The summed E-state index contributed by atoms with van der Waals surface area (Å²) in [4.78, 5) is 11.7. The lowest BCUT2D eigenvalue weighted by Crippen LogP contribution is -2.43. The second-order valence-corrected chi connectivity index (χ2v) is 5.22. The van der Waals surface area contributed by atoms with Crippen molar-refractivity contribution in [3.63, 3.8) is 0 Å². The molecule has 0 aliphatic rings. The van der Waals surface area contributed by atoms with Gasteiger partial charge in [-0.05, 0) is 37.1 Å². The number of aromatic nitrogens is 2. The third kappa shape index (κ3) is 2.29. The van der Waals surface area contributed by atoms with Crippen molar-refractivity contribution in [2.24, 2.45) is 0 Å². The van der Waals surface area contributed by atoms with Crippen molar-refractivity contribution in [1.82, 2.24) is 4.57 Å². The lowest BCUT2D eigenvalue weighted by Gasteiger charge is -2.08. The van der Waals surface area contributed by atoms with Crippen LogP contribution in [0.1, 0.15) is 21.7 Å². The first-order chi connectivity index (χ1) is 10.6. The number of carbonyl (C=O) groups is 1. The number of aryl methyl sites for hydroxylation is 2. The first-order valence-electron chi connectivity index (χ1n) is 7.06. The van der Waals surface area contributed by atoms with Gasteiger partial charge in [-0.2, -0.15) is 9.13 Å². The Balaban J connectivity index is 2.26. The first kappa shape index (κ1) is 14.1. The predicted octanol–water partition coefficient (Wildman–Crippen LogP) is 1.73. The number of carbonyl (C=O) groups excluding carboxylic acids is 1. The third-order valence-corrected chi connectivity index (χ3v) is 3.75. The Kier molecular flexibility index (Phi) is 3.51. The second kappa shape index (κ2) is 5.48. The molecule has 1 aromatic heterocycles. The highest BCUT2D eigenvalue weighted by Crippen LogP contribution is 2.16. The van der Waals surface area contributed by atoms with Gasteiger partial charge in [0.05, 0.1) is 0 Å². The van der Waals surface area contributed by atoms with Gasteiger partial charge in [-0.25, -0.2) is 0 Å². The van der Waals surface area contributed by atoms with Crippen molar-refractivity contribution in [3.05, 3.63) is 77.9 Å². The molecule has 2 aromatic carbocycles. The van der Waals surface area contributed by atoms with Gasteiger partial charge in [-0.1, -0.05) is 36.4 Å². The summed E-state index contributed by atoms with van der Waals surface area (Å²) in [5.41, 5.74) is 3.65. The van der Waals surface area contributed by atoms with E-state index in [0.717, 1.165) is 22.5 Å². The highest BCUT2D eigenvalue weighted by atomic mass is 16.4. The van der Waals surface area contributed by atoms with Crippen LogP contribution < -0.4 is 9.67 Å². The van der Waals surface area contributed by atoms with E-state index in [4.69, 9.17) is 0 Å². The van der Waals surface area contributed by atoms with E-state index in [0.29, 0.717) is 0 Å². The Hall–Kier alpha value is -2.88. The van der Waals surface area contributed by atoms with Crippen LogP contribution in [0.5, 0.6) is 0 Å². The molecule has 0 bridgehead atoms. The van der Waals surface area contributed by atoms with Crippen LogP contribution in [0.25, 0.3) is 11.4 Å². The summed E-state index contributed by atoms with van der Waals surface area (Å²) in [7, 11) is 0. The van der Waals surface area contributed by atoms with E-state index in [-0.39, 0.29) is 5.82 Å². The van der Waals surface area contributed by atoms with Gasteiger partial charge in [0.2, 0.25) is 0 Å². The molecule has 0 atom stereocenters. The van der Waals surface area contributed by atoms with Crippen molar-refractivity contribution in [2.45, 2.75) is 13.8 Å². The number of rotatable bonds is 3. The van der Waals surface area contributed by atoms with Crippen molar-refractivity contribution in [1.29, 1.82) is 0 Å². The van der Waals surface area contributed by atoms with Gasteiger partial charge in [0.25, 0.3) is 0 Å². The molecule has 0 aliphatic carbocycles. The molecule has 0 unspecified atom stereocenters. The molecule has 0 N–H and O–H groups in total. The largest absolute Gasteiger partial charge is 0.538 e. The smallest absolute Gasteiger partial charge is 0.315 e. The van der Waals surface area contributed by atoms with Crippen LogP contribution in [0.4, 0.5) is 0 Å². The standard InChI is InChI=1S/C18H16N2O2/c1-13-7-3-5-9-15(13)19-11-12-20(17(19)18(21)22)16-10-6-4-8-14(16)2/h3-12H,1-2H3. The minimum Gasteiger partial charge on any atom is -0.538 e. The summed E-state index contributed by atoms with van der Waals surface area (Å²) in [5.74, 6) is -1.11. The van der Waals surface area contributed by atoms with Crippen LogP contribution in [-0.2, 0) is 0 Å². The number of carboxylic acid groups (broad SMARTS) is 1. The molecule has 4 nitrogen and oxygen atoms in total. The zero-order valence-corrected chi connectivity index (χ0v) is 12.5. The lowest BCUT2D eigenvalue weighted by molar-refractivity contribution is -0.601. The Labute approximate surface area is 128 Å². The number of hydrogen-bond donors (Lipinski definition) is 0. The lowest BCUT2D eigenvalue weighted by atomic mass is 10.2. The van der Waals surface area contributed by atoms with E-state index >= 15 is 0 Å². The first-order valence-corrected chi connectivity index (χ1v) is 7.06. The fourth-order valence-electron chi connectivity index (χ4n) is 2.64. The average Bonchev–Trinajstić information content (AvgIpc) is 2.93. The molecule has 0 fully saturated rings. The van der Waals surface area contributed by atoms with Crippen molar-refractivity contribution in [2.75, 3.05) is 0 Å². The van der Waals surface area contributed by atoms with Gasteiger partial charge < -0.3 is 9.90 Å². The second-order valence-electron chi connectivity index (χ2n) is 5.22. The molecule has 0 aliphatic heterocycles. The number of benzene rings is 2. The molecular weight excluding hydrogens is 276 g/mol. The molecule has 3 aromatic rings. The summed E-state index contributed by atoms with van der Waals surface area (Å²) in [6.45, 7) is 3.90. The third-order valence-electron chi connectivity index (χ3n) is 3.75. The van der Waals surface area contributed by atoms with Crippen LogP contribution in [0.3, 0.4) is 0 Å². The van der Waals surface area contributed by atoms with Gasteiger partial charge in [-0.3, -0.25) is 0 Å². The molecule has 0 spiro atoms. The Morgan fingerprint density at radius 1 is 1.00 bits per heavy atom. The molecule has 1 heterocycles. The number of hydrogen-bond acceptors (Lipinski definition) is 2. The number of carboxylic acids is 1. The average molecular weight is 292 g/mol. The van der Waals surface area contributed by atoms with E-state index in [1.807, 2.05) is 62.4 Å². The quantitative estimate of drug-likeness (QED) is 0.690. The van der Waals surface area contributed by atoms with Crippen LogP contribution in [-0.4, -0.2) is 10.5 Å². The fraction of sp³-hybridized carbons (Fsp3) is 0.111. The minimum atomic E-state index is -1.21. The van der Waals surface area contributed by atoms with Gasteiger partial charge >= 0.3 is 5.82 Å². The molecule has 3 rings (SSSR count). The summed E-state index contributed by atoms with van der Waals surface area (Å²) in [5, 5.41) is 11.7. The number of imidazole rings is 1. The highest BCUT2D eigenvalue weighted by molar-refractivity contribution is 5.81. The van der Waals surface area contributed by atoms with Crippen LogP contribution in [0.15, 0.2) is 60.9 Å². The minimum absolute atomic E-state index is 0.101. The Bertz CT molecular complexity index is 787. The molecule has 0 amide bonds. The van der Waals surface area contributed by atoms with Crippen molar-refractivity contribution in [3.8, 4) is 11.4 Å². The van der Waals surface area contributed by atoms with Gasteiger partial charge in [0.1, 0.15) is 23.8 Å². The summed E-state index contributed by atoms with van der Waals surface area (Å²) < 4.78 is 3.30. The molecule has 0 radical (unpaired) electrons. The molecular formula is C18H16N2O2. The maximum absolute atomic E-state index is 11.7. The zero-order valence-electron chi connectivity index (χ0n) is 12.5. The highest BCUT2D eigenvalue weighted by Gasteiger charge is 2.23. The SMILES string of the molecule is Cc1ccccc1-n1cc[n+](-c2ccccc2C)c1C(=O)[O-]. The summed E-state index contributed by atoms with van der Waals surface area (Å²) in [6, 6.07) is 15.3. The molecule has 22 heavy (non-hydrogen) atoms. The van der Waals surface area contributed by atoms with Crippen LogP contribution in [0.2, 0.25) is 0 Å². The molecule has 0 saturated carbocycles. The monoisotopic (exact) mass is 292 g/mol. The topological polar surface area (TPSA) is 48.9 Å². The summed E-state index contributed by atoms with van der Waals surface area (Å²) >= 11 is 0. The fourth-order valence-corrected chi connectivity index (χ4v) is 2.64. The Morgan fingerprint density at radius 3 is 2.27 bits per heavy atom. The van der Waals surface area contributed by atoms with Gasteiger partial charge in [0.15, 0.2) is 5.97 Å². The van der Waals surface area contributed by atoms with Gasteiger partial charge in [-0.15, -0.1) is 0 Å². The zero-order chi connectivity index (χ0) is 15.7. The van der Waals surface area contributed by atoms with Crippen LogP contribution >= 0.6 is 0 Å². The van der Waals surface area contributed by atoms with E-state index in [1.165, 1.54) is 0 Å². The number of aromatic carboxylic acids is 1. The van der Waals surface area contributed by atoms with E-state index in [9.17, 15) is 9.90 Å². The molecule has 4 heteroatoms. The van der Waals surface area contributed by atoms with Gasteiger partial charge in [0, 0.05) is 0 Å². The normalized spacial score (nSPS) is 10.6. The number of nitrogens with zero attached hydrogens (tertiary/aromatic N) is 2. The molecule has 110 valence electrons. The maximum atomic E-state index is 11.7. The predicted molar refractivity (Wildman–Crippen MR) is 81.1 cm³/mol. The van der Waals surface area contributed by atoms with Crippen molar-refractivity contribution < 1.29 is 14.5 Å². The van der Waals surface area contributed by atoms with Crippen LogP contribution in [0, 0.1) is 13.8 Å².